The van der Waals surface area contributed by atoms with Gasteiger partial charge in [-0.2, -0.15) is 0 Å². The highest BCUT2D eigenvalue weighted by molar-refractivity contribution is 5.99. The Labute approximate surface area is 164 Å². The van der Waals surface area contributed by atoms with E-state index in [9.17, 15) is 14.4 Å². The molecule has 7 nitrogen and oxygen atoms in total. The highest BCUT2D eigenvalue weighted by Crippen LogP contribution is 2.18. The number of likely N-dealkylation sites (tertiary alicyclic amines) is 1. The number of carbonyl (C=O) groups excluding carboxylic acids is 3. The van der Waals surface area contributed by atoms with Gasteiger partial charge in [0.25, 0.3) is 0 Å². The number of hydrogen-bond donors (Lipinski definition) is 0. The van der Waals surface area contributed by atoms with E-state index < -0.39 is 5.97 Å². The van der Waals surface area contributed by atoms with Gasteiger partial charge in [0.05, 0.1) is 12.8 Å². The molecule has 1 aliphatic rings. The molecule has 0 aromatic carbocycles. The molecular weight excluding hydrogens is 360 g/mol. The normalized spacial score (nSPS) is 14.8. The van der Waals surface area contributed by atoms with Crippen LogP contribution in [0.2, 0.25) is 0 Å². The fourth-order valence-corrected chi connectivity index (χ4v) is 3.52. The molecule has 3 heterocycles. The topological polar surface area (TPSA) is 81.8 Å². The lowest BCUT2D eigenvalue weighted by Crippen LogP contribution is -2.36. The van der Waals surface area contributed by atoms with E-state index in [-0.39, 0.29) is 24.8 Å². The second-order valence-corrected chi connectivity index (χ2v) is 7.16. The summed E-state index contributed by atoms with van der Waals surface area (Å²) in [6, 6.07) is 5.50. The van der Waals surface area contributed by atoms with Crippen molar-refractivity contribution in [2.24, 2.45) is 0 Å². The highest BCUT2D eigenvalue weighted by Gasteiger charge is 2.22. The summed E-state index contributed by atoms with van der Waals surface area (Å²) in [4.78, 5) is 38.1. The van der Waals surface area contributed by atoms with E-state index >= 15 is 0 Å². The van der Waals surface area contributed by atoms with Crippen LogP contribution in [0.5, 0.6) is 0 Å². The van der Waals surface area contributed by atoms with Gasteiger partial charge < -0.3 is 18.6 Å². The number of hydrogen-bond acceptors (Lipinski definition) is 5. The van der Waals surface area contributed by atoms with Crippen molar-refractivity contribution < 1.29 is 23.5 Å². The van der Waals surface area contributed by atoms with Crippen LogP contribution >= 0.6 is 0 Å². The minimum atomic E-state index is -0.548. The molecule has 28 heavy (non-hydrogen) atoms. The summed E-state index contributed by atoms with van der Waals surface area (Å²) in [5.41, 5.74) is 2.26. The zero-order valence-corrected chi connectivity index (χ0v) is 16.4. The first kappa shape index (κ1) is 19.9. The van der Waals surface area contributed by atoms with Crippen molar-refractivity contribution in [1.82, 2.24) is 9.47 Å². The summed E-state index contributed by atoms with van der Waals surface area (Å²) in [6.45, 7) is 4.46. The molecule has 1 fully saturated rings. The van der Waals surface area contributed by atoms with Gasteiger partial charge >= 0.3 is 5.97 Å². The van der Waals surface area contributed by atoms with Gasteiger partial charge in [0.2, 0.25) is 11.7 Å². The summed E-state index contributed by atoms with van der Waals surface area (Å²) in [5, 5.41) is 0. The smallest absolute Gasteiger partial charge is 0.326 e. The fraction of sp³-hybridized carbons (Fsp3) is 0.476. The third kappa shape index (κ3) is 4.71. The quantitative estimate of drug-likeness (QED) is 0.540. The summed E-state index contributed by atoms with van der Waals surface area (Å²) in [5.74, 6) is -0.0288. The summed E-state index contributed by atoms with van der Waals surface area (Å²) in [6.07, 6.45) is 4.82. The van der Waals surface area contributed by atoms with Gasteiger partial charge in [0.1, 0.15) is 12.3 Å². The first-order chi connectivity index (χ1) is 13.5. The van der Waals surface area contributed by atoms with Gasteiger partial charge in [0.15, 0.2) is 6.61 Å². The Morgan fingerprint density at radius 1 is 1.21 bits per heavy atom. The molecule has 1 amide bonds. The molecule has 0 spiro atoms. The van der Waals surface area contributed by atoms with Crippen molar-refractivity contribution in [2.45, 2.75) is 46.1 Å². The van der Waals surface area contributed by atoms with E-state index in [4.69, 9.17) is 9.15 Å². The third-order valence-corrected chi connectivity index (χ3v) is 5.12. The number of Topliss-reactive ketones (excluding diaryl/α,β-unsaturated/α-hetero) is 1. The lowest BCUT2D eigenvalue weighted by molar-refractivity contribution is -0.148. The van der Waals surface area contributed by atoms with Crippen molar-refractivity contribution in [3.05, 3.63) is 47.2 Å². The number of ether oxygens (including phenoxy) is 1. The molecule has 0 N–H and O–H groups in total. The van der Waals surface area contributed by atoms with Crippen molar-refractivity contribution >= 4 is 17.7 Å². The lowest BCUT2D eigenvalue weighted by Gasteiger charge is -2.19. The maximum Gasteiger partial charge on any atom is 0.326 e. The van der Waals surface area contributed by atoms with Gasteiger partial charge in [-0.1, -0.05) is 6.42 Å². The third-order valence-electron chi connectivity index (χ3n) is 5.12. The minimum Gasteiger partial charge on any atom is -0.467 e. The molecule has 150 valence electrons. The molecule has 0 aliphatic carbocycles. The van der Waals surface area contributed by atoms with Crippen molar-refractivity contribution in [3.63, 3.8) is 0 Å². The molecule has 2 aromatic heterocycles. The maximum atomic E-state index is 12.6. The number of ketones is 1. The summed E-state index contributed by atoms with van der Waals surface area (Å²) < 4.78 is 12.5. The van der Waals surface area contributed by atoms with Gasteiger partial charge in [-0.15, -0.1) is 0 Å². The number of aromatic nitrogens is 1. The standard InChI is InChI=1S/C21H26N2O5/c1-15-11-18(16(2)23(15)12-17-7-6-10-27-17)19(24)14-28-21(26)13-22-9-5-3-4-8-20(22)25/h6-7,10-11H,3-5,8-9,12-14H2,1-2H3. The van der Waals surface area contributed by atoms with Gasteiger partial charge in [0, 0.05) is 29.9 Å². The van der Waals surface area contributed by atoms with Crippen LogP contribution in [0.15, 0.2) is 28.9 Å². The van der Waals surface area contributed by atoms with E-state index in [1.807, 2.05) is 30.5 Å². The van der Waals surface area contributed by atoms with Crippen LogP contribution in [0.25, 0.3) is 0 Å². The Bertz CT molecular complexity index is 851. The van der Waals surface area contributed by atoms with Crippen LogP contribution in [0.1, 0.15) is 53.2 Å². The summed E-state index contributed by atoms with van der Waals surface area (Å²) >= 11 is 0. The van der Waals surface area contributed by atoms with Crippen LogP contribution in [-0.4, -0.2) is 46.8 Å². The van der Waals surface area contributed by atoms with Crippen LogP contribution < -0.4 is 0 Å². The Kier molecular flexibility index (Phi) is 6.34. The zero-order valence-electron chi connectivity index (χ0n) is 16.4. The number of nitrogens with zero attached hydrogens (tertiary/aromatic N) is 2. The lowest BCUT2D eigenvalue weighted by atomic mass is 10.1. The van der Waals surface area contributed by atoms with Crippen LogP contribution in [0.3, 0.4) is 0 Å². The number of esters is 1. The van der Waals surface area contributed by atoms with E-state index in [1.165, 1.54) is 4.90 Å². The molecule has 0 unspecified atom stereocenters. The van der Waals surface area contributed by atoms with Crippen LogP contribution in [0, 0.1) is 13.8 Å². The molecule has 0 atom stereocenters. The summed E-state index contributed by atoms with van der Waals surface area (Å²) in [7, 11) is 0. The molecule has 1 saturated heterocycles. The van der Waals surface area contributed by atoms with E-state index in [2.05, 4.69) is 0 Å². The largest absolute Gasteiger partial charge is 0.467 e. The first-order valence-corrected chi connectivity index (χ1v) is 9.61. The fourth-order valence-electron chi connectivity index (χ4n) is 3.52. The average Bonchev–Trinajstić information content (AvgIpc) is 3.22. The Balaban J connectivity index is 1.57. The molecule has 2 aromatic rings. The molecular formula is C21H26N2O5. The molecule has 0 saturated carbocycles. The molecule has 7 heteroatoms. The molecule has 3 rings (SSSR count). The van der Waals surface area contributed by atoms with Crippen molar-refractivity contribution in [3.8, 4) is 0 Å². The predicted octanol–water partition coefficient (Wildman–Crippen LogP) is 2.87. The van der Waals surface area contributed by atoms with Gasteiger partial charge in [-0.25, -0.2) is 0 Å². The number of carbonyl (C=O) groups is 3. The Morgan fingerprint density at radius 3 is 2.79 bits per heavy atom. The maximum absolute atomic E-state index is 12.6. The number of rotatable bonds is 7. The van der Waals surface area contributed by atoms with Gasteiger partial charge in [-0.05, 0) is 44.9 Å². The second-order valence-electron chi connectivity index (χ2n) is 7.16. The number of amides is 1. The number of furan rings is 1. The van der Waals surface area contributed by atoms with E-state index in [1.54, 1.807) is 12.3 Å². The average molecular weight is 386 g/mol. The van der Waals surface area contributed by atoms with Crippen molar-refractivity contribution in [1.29, 1.82) is 0 Å². The highest BCUT2D eigenvalue weighted by atomic mass is 16.5. The predicted molar refractivity (Wildman–Crippen MR) is 102 cm³/mol. The van der Waals surface area contributed by atoms with Crippen LogP contribution in [0.4, 0.5) is 0 Å². The van der Waals surface area contributed by atoms with Gasteiger partial charge in [-0.3, -0.25) is 14.4 Å². The monoisotopic (exact) mass is 386 g/mol. The molecule has 0 bridgehead atoms. The SMILES string of the molecule is Cc1cc(C(=O)COC(=O)CN2CCCCCC2=O)c(C)n1Cc1ccco1. The first-order valence-electron chi connectivity index (χ1n) is 9.61. The Hall–Kier alpha value is -2.83. The minimum absolute atomic E-state index is 0.0257. The van der Waals surface area contributed by atoms with E-state index in [0.29, 0.717) is 25.1 Å². The number of aryl methyl sites for hydroxylation is 1. The molecule has 1 aliphatic heterocycles. The van der Waals surface area contributed by atoms with E-state index in [0.717, 1.165) is 36.4 Å². The second kappa shape index (κ2) is 8.91. The van der Waals surface area contributed by atoms with Crippen molar-refractivity contribution in [2.75, 3.05) is 19.7 Å². The Morgan fingerprint density at radius 2 is 2.04 bits per heavy atom. The van der Waals surface area contributed by atoms with Crippen LogP contribution in [-0.2, 0) is 20.9 Å². The molecule has 0 radical (unpaired) electrons. The zero-order chi connectivity index (χ0) is 20.1.